The molecule has 0 amide bonds. The molecule has 0 aliphatic carbocycles. The molecule has 0 aliphatic heterocycles. The van der Waals surface area contributed by atoms with E-state index in [1.807, 2.05) is 19.1 Å². The van der Waals surface area contributed by atoms with Gasteiger partial charge in [-0.25, -0.2) is 0 Å². The van der Waals surface area contributed by atoms with Crippen LogP contribution in [0.25, 0.3) is 0 Å². The standard InChI is InChI=1S/C15H15F3N2/c1-10-3-2-4-13(19)14(10)20-9-11-5-7-12(8-6-11)15(16,17)18/h2-8,20H,9,19H2,1H3. The van der Waals surface area contributed by atoms with Crippen molar-refractivity contribution in [3.63, 3.8) is 0 Å². The Kier molecular flexibility index (Phi) is 3.88. The molecule has 0 atom stereocenters. The molecule has 0 fully saturated rings. The highest BCUT2D eigenvalue weighted by atomic mass is 19.4. The first-order valence-electron chi connectivity index (χ1n) is 6.13. The van der Waals surface area contributed by atoms with E-state index >= 15 is 0 Å². The Morgan fingerprint density at radius 1 is 1.05 bits per heavy atom. The third-order valence-electron chi connectivity index (χ3n) is 3.06. The van der Waals surface area contributed by atoms with Gasteiger partial charge in [0, 0.05) is 6.54 Å². The summed E-state index contributed by atoms with van der Waals surface area (Å²) in [4.78, 5) is 0. The molecular formula is C15H15F3N2. The zero-order valence-corrected chi connectivity index (χ0v) is 11.0. The minimum Gasteiger partial charge on any atom is -0.397 e. The van der Waals surface area contributed by atoms with Crippen LogP contribution in [0.4, 0.5) is 24.5 Å². The molecule has 2 nitrogen and oxygen atoms in total. The summed E-state index contributed by atoms with van der Waals surface area (Å²) in [6.07, 6.45) is -4.30. The van der Waals surface area contributed by atoms with Crippen molar-refractivity contribution < 1.29 is 13.2 Å². The fourth-order valence-corrected chi connectivity index (χ4v) is 1.93. The zero-order chi connectivity index (χ0) is 14.8. The molecule has 0 aromatic heterocycles. The number of nitrogens with one attached hydrogen (secondary N) is 1. The molecule has 0 saturated heterocycles. The number of para-hydroxylation sites is 1. The van der Waals surface area contributed by atoms with Crippen LogP contribution in [0, 0.1) is 6.92 Å². The molecular weight excluding hydrogens is 265 g/mol. The molecule has 0 saturated carbocycles. The molecule has 0 bridgehead atoms. The normalized spacial score (nSPS) is 11.4. The van der Waals surface area contributed by atoms with Crippen molar-refractivity contribution in [1.29, 1.82) is 0 Å². The van der Waals surface area contributed by atoms with Gasteiger partial charge in [-0.1, -0.05) is 24.3 Å². The number of nitrogen functional groups attached to an aromatic ring is 1. The Balaban J connectivity index is 2.08. The maximum absolute atomic E-state index is 12.4. The number of anilines is 2. The summed E-state index contributed by atoms with van der Waals surface area (Å²) >= 11 is 0. The minimum atomic E-state index is -4.30. The number of nitrogens with two attached hydrogens (primary N) is 1. The van der Waals surface area contributed by atoms with Gasteiger partial charge in [0.2, 0.25) is 0 Å². The number of benzene rings is 2. The molecule has 2 aromatic rings. The highest BCUT2D eigenvalue weighted by Crippen LogP contribution is 2.29. The van der Waals surface area contributed by atoms with Crippen molar-refractivity contribution in [1.82, 2.24) is 0 Å². The summed E-state index contributed by atoms with van der Waals surface area (Å²) in [5.74, 6) is 0. The highest BCUT2D eigenvalue weighted by Gasteiger charge is 2.29. The highest BCUT2D eigenvalue weighted by molar-refractivity contribution is 5.69. The molecule has 0 aliphatic rings. The SMILES string of the molecule is Cc1cccc(N)c1NCc1ccc(C(F)(F)F)cc1. The Labute approximate surface area is 115 Å². The van der Waals surface area contributed by atoms with Crippen molar-refractivity contribution in [3.8, 4) is 0 Å². The molecule has 2 aromatic carbocycles. The maximum atomic E-state index is 12.4. The van der Waals surface area contributed by atoms with Gasteiger partial charge in [-0.05, 0) is 36.2 Å². The summed E-state index contributed by atoms with van der Waals surface area (Å²) in [5, 5.41) is 3.15. The topological polar surface area (TPSA) is 38.0 Å². The van der Waals surface area contributed by atoms with Crippen LogP contribution < -0.4 is 11.1 Å². The molecule has 0 heterocycles. The second kappa shape index (κ2) is 5.45. The second-order valence-corrected chi connectivity index (χ2v) is 4.59. The van der Waals surface area contributed by atoms with Gasteiger partial charge < -0.3 is 11.1 Å². The van der Waals surface area contributed by atoms with Crippen LogP contribution in [0.5, 0.6) is 0 Å². The van der Waals surface area contributed by atoms with E-state index < -0.39 is 11.7 Å². The van der Waals surface area contributed by atoms with Crippen LogP contribution in [0.2, 0.25) is 0 Å². The average Bonchev–Trinajstić information content (AvgIpc) is 2.37. The van der Waals surface area contributed by atoms with Crippen molar-refractivity contribution in [2.45, 2.75) is 19.6 Å². The van der Waals surface area contributed by atoms with E-state index in [1.165, 1.54) is 12.1 Å². The number of rotatable bonds is 3. The lowest BCUT2D eigenvalue weighted by atomic mass is 10.1. The van der Waals surface area contributed by atoms with Crippen molar-refractivity contribution in [3.05, 3.63) is 59.2 Å². The minimum absolute atomic E-state index is 0.424. The van der Waals surface area contributed by atoms with E-state index in [-0.39, 0.29) is 0 Å². The molecule has 0 spiro atoms. The van der Waals surface area contributed by atoms with E-state index in [4.69, 9.17) is 5.73 Å². The van der Waals surface area contributed by atoms with E-state index in [1.54, 1.807) is 6.07 Å². The number of halogens is 3. The lowest BCUT2D eigenvalue weighted by molar-refractivity contribution is -0.137. The predicted octanol–water partition coefficient (Wildman–Crippen LogP) is 4.21. The van der Waals surface area contributed by atoms with Crippen molar-refractivity contribution in [2.75, 3.05) is 11.1 Å². The molecule has 0 unspecified atom stereocenters. The molecule has 20 heavy (non-hydrogen) atoms. The number of aryl methyl sites for hydroxylation is 1. The Bertz CT molecular complexity index is 569. The van der Waals surface area contributed by atoms with Gasteiger partial charge in [0.15, 0.2) is 0 Å². The van der Waals surface area contributed by atoms with E-state index in [9.17, 15) is 13.2 Å². The maximum Gasteiger partial charge on any atom is 0.416 e. The van der Waals surface area contributed by atoms with Crippen molar-refractivity contribution in [2.24, 2.45) is 0 Å². The summed E-state index contributed by atoms with van der Waals surface area (Å²) in [6, 6.07) is 10.6. The van der Waals surface area contributed by atoms with Gasteiger partial charge in [0.25, 0.3) is 0 Å². The van der Waals surface area contributed by atoms with Gasteiger partial charge in [0.1, 0.15) is 0 Å². The Hall–Kier alpha value is -2.17. The molecule has 2 rings (SSSR count). The number of hydrogen-bond donors (Lipinski definition) is 2. The van der Waals surface area contributed by atoms with Gasteiger partial charge in [-0.15, -0.1) is 0 Å². The first-order valence-corrected chi connectivity index (χ1v) is 6.13. The summed E-state index contributed by atoms with van der Waals surface area (Å²) in [7, 11) is 0. The quantitative estimate of drug-likeness (QED) is 0.827. The third-order valence-corrected chi connectivity index (χ3v) is 3.06. The monoisotopic (exact) mass is 280 g/mol. The Morgan fingerprint density at radius 3 is 2.25 bits per heavy atom. The van der Waals surface area contributed by atoms with E-state index in [2.05, 4.69) is 5.32 Å². The van der Waals surface area contributed by atoms with Crippen LogP contribution in [0.15, 0.2) is 42.5 Å². The Morgan fingerprint density at radius 2 is 1.70 bits per heavy atom. The smallest absolute Gasteiger partial charge is 0.397 e. The van der Waals surface area contributed by atoms with Crippen molar-refractivity contribution >= 4 is 11.4 Å². The summed E-state index contributed by atoms with van der Waals surface area (Å²) in [6.45, 7) is 2.35. The third kappa shape index (κ3) is 3.23. The van der Waals surface area contributed by atoms with Gasteiger partial charge in [-0.3, -0.25) is 0 Å². The van der Waals surface area contributed by atoms with Crippen LogP contribution in [-0.4, -0.2) is 0 Å². The lowest BCUT2D eigenvalue weighted by Gasteiger charge is -2.13. The fraction of sp³-hybridized carbons (Fsp3) is 0.200. The molecule has 3 N–H and O–H groups in total. The van der Waals surface area contributed by atoms with E-state index in [0.717, 1.165) is 28.9 Å². The first-order chi connectivity index (χ1) is 9.38. The fourth-order valence-electron chi connectivity index (χ4n) is 1.93. The van der Waals surface area contributed by atoms with Gasteiger partial charge in [0.05, 0.1) is 16.9 Å². The van der Waals surface area contributed by atoms with Gasteiger partial charge in [-0.2, -0.15) is 13.2 Å². The van der Waals surface area contributed by atoms with Crippen LogP contribution in [0.3, 0.4) is 0 Å². The van der Waals surface area contributed by atoms with Gasteiger partial charge >= 0.3 is 6.18 Å². The second-order valence-electron chi connectivity index (χ2n) is 4.59. The lowest BCUT2D eigenvalue weighted by Crippen LogP contribution is -2.06. The van der Waals surface area contributed by atoms with Crippen LogP contribution >= 0.6 is 0 Å². The first kappa shape index (κ1) is 14.2. The average molecular weight is 280 g/mol. The molecule has 106 valence electrons. The zero-order valence-electron chi connectivity index (χ0n) is 11.0. The van der Waals surface area contributed by atoms with E-state index in [0.29, 0.717) is 12.2 Å². The number of hydrogen-bond acceptors (Lipinski definition) is 2. The molecule has 5 heteroatoms. The molecule has 0 radical (unpaired) electrons. The number of alkyl halides is 3. The van der Waals surface area contributed by atoms with Crippen LogP contribution in [0.1, 0.15) is 16.7 Å². The van der Waals surface area contributed by atoms with Crippen LogP contribution in [-0.2, 0) is 12.7 Å². The summed E-state index contributed by atoms with van der Waals surface area (Å²) < 4.78 is 37.3. The largest absolute Gasteiger partial charge is 0.416 e. The predicted molar refractivity (Wildman–Crippen MR) is 74.4 cm³/mol. The summed E-state index contributed by atoms with van der Waals surface area (Å²) in [5.41, 5.74) is 8.41.